The lowest BCUT2D eigenvalue weighted by atomic mass is 10.1. The molecule has 114 valence electrons. The Morgan fingerprint density at radius 3 is 2.43 bits per heavy atom. The predicted octanol–water partition coefficient (Wildman–Crippen LogP) is 4.38. The quantitative estimate of drug-likeness (QED) is 0.669. The van der Waals surface area contributed by atoms with Gasteiger partial charge in [0.1, 0.15) is 16.5 Å². The highest BCUT2D eigenvalue weighted by Crippen LogP contribution is 2.30. The monoisotopic (exact) mass is 322 g/mol. The van der Waals surface area contributed by atoms with E-state index in [0.717, 1.165) is 20.8 Å². The Morgan fingerprint density at radius 2 is 1.83 bits per heavy atom. The zero-order chi connectivity index (χ0) is 16.2. The molecule has 23 heavy (non-hydrogen) atoms. The zero-order valence-electron chi connectivity index (χ0n) is 12.7. The molecule has 1 heterocycles. The summed E-state index contributed by atoms with van der Waals surface area (Å²) in [4.78, 5) is 4.54. The van der Waals surface area contributed by atoms with E-state index < -0.39 is 0 Å². The van der Waals surface area contributed by atoms with Crippen molar-refractivity contribution in [2.24, 2.45) is 0 Å². The largest absolute Gasteiger partial charge is 0.497 e. The first-order valence-electron chi connectivity index (χ1n) is 6.94. The summed E-state index contributed by atoms with van der Waals surface area (Å²) in [5, 5.41) is 10.3. The molecule has 0 aliphatic carbocycles. The second-order valence-corrected chi connectivity index (χ2v) is 5.85. The summed E-state index contributed by atoms with van der Waals surface area (Å²) < 4.78 is 11.6. The Balaban J connectivity index is 2.06. The van der Waals surface area contributed by atoms with Crippen molar-refractivity contribution in [3.05, 3.63) is 53.0 Å². The van der Waals surface area contributed by atoms with Crippen molar-refractivity contribution in [2.75, 3.05) is 14.2 Å². The van der Waals surface area contributed by atoms with E-state index in [2.05, 4.69) is 11.1 Å². The molecule has 0 amide bonds. The first-order chi connectivity index (χ1) is 11.2. The van der Waals surface area contributed by atoms with Gasteiger partial charge in [-0.1, -0.05) is 12.1 Å². The molecule has 1 aromatic heterocycles. The van der Waals surface area contributed by atoms with Crippen LogP contribution in [0.3, 0.4) is 0 Å². The van der Waals surface area contributed by atoms with E-state index in [1.807, 2.05) is 36.4 Å². The summed E-state index contributed by atoms with van der Waals surface area (Å²) in [7, 11) is 3.17. The number of rotatable bonds is 4. The molecule has 0 fully saturated rings. The van der Waals surface area contributed by atoms with Gasteiger partial charge in [-0.25, -0.2) is 4.98 Å². The second-order valence-electron chi connectivity index (χ2n) is 4.79. The second kappa shape index (κ2) is 6.51. The molecular formula is C18H14N2O2S. The number of aromatic nitrogens is 1. The molecule has 3 aromatic rings. The van der Waals surface area contributed by atoms with Crippen molar-refractivity contribution in [3.63, 3.8) is 0 Å². The van der Waals surface area contributed by atoms with Gasteiger partial charge in [0.2, 0.25) is 0 Å². The maximum absolute atomic E-state index is 9.52. The van der Waals surface area contributed by atoms with Crippen LogP contribution in [0, 0.1) is 11.3 Å². The van der Waals surface area contributed by atoms with Crippen LogP contribution in [0.1, 0.15) is 10.6 Å². The molecule has 0 aliphatic rings. The molecule has 0 saturated heterocycles. The number of para-hydroxylation sites is 1. The van der Waals surface area contributed by atoms with Gasteiger partial charge in [0.05, 0.1) is 36.1 Å². The Bertz CT molecular complexity index is 867. The molecule has 0 spiro atoms. The van der Waals surface area contributed by atoms with E-state index in [1.54, 1.807) is 37.7 Å². The zero-order valence-corrected chi connectivity index (χ0v) is 13.6. The van der Waals surface area contributed by atoms with Gasteiger partial charge in [-0.15, -0.1) is 11.3 Å². The predicted molar refractivity (Wildman–Crippen MR) is 92.7 cm³/mol. The Hall–Kier alpha value is -2.84. The van der Waals surface area contributed by atoms with E-state index in [4.69, 9.17) is 9.47 Å². The number of nitrogens with zero attached hydrogens (tertiary/aromatic N) is 2. The summed E-state index contributed by atoms with van der Waals surface area (Å²) in [6, 6.07) is 15.5. The average Bonchev–Trinajstić information content (AvgIpc) is 3.01. The fraction of sp³-hybridized carbons (Fsp3) is 0.111. The van der Waals surface area contributed by atoms with Crippen molar-refractivity contribution in [1.29, 1.82) is 5.26 Å². The summed E-state index contributed by atoms with van der Waals surface area (Å²) in [6.07, 6.45) is 1.79. The van der Waals surface area contributed by atoms with Crippen LogP contribution >= 0.6 is 11.3 Å². The number of nitriles is 1. The topological polar surface area (TPSA) is 55.1 Å². The number of fused-ring (bicyclic) bond motifs is 1. The molecule has 2 aromatic carbocycles. The molecular weight excluding hydrogens is 308 g/mol. The van der Waals surface area contributed by atoms with Gasteiger partial charge in [0.25, 0.3) is 0 Å². The normalized spacial score (nSPS) is 11.3. The van der Waals surface area contributed by atoms with E-state index in [1.165, 1.54) is 0 Å². The standard InChI is InChI=1S/C18H14N2O2S/c1-21-14-7-12(8-15(10-14)22-2)13(11-19)9-18-20-16-5-3-4-6-17(16)23-18/h3-10H,1-2H3/b13-9+. The third-order valence-corrected chi connectivity index (χ3v) is 4.34. The van der Waals surface area contributed by atoms with Crippen LogP contribution in [0.5, 0.6) is 11.5 Å². The molecule has 0 saturated carbocycles. The molecule has 0 radical (unpaired) electrons. The van der Waals surface area contributed by atoms with Crippen LogP contribution in [0.4, 0.5) is 0 Å². The van der Waals surface area contributed by atoms with Crippen LogP contribution in [0.25, 0.3) is 21.9 Å². The molecule has 0 unspecified atom stereocenters. The summed E-state index contributed by atoms with van der Waals surface area (Å²) in [5.41, 5.74) is 2.19. The van der Waals surface area contributed by atoms with Crippen molar-refractivity contribution in [3.8, 4) is 17.6 Å². The lowest BCUT2D eigenvalue weighted by molar-refractivity contribution is 0.394. The van der Waals surface area contributed by atoms with Crippen LogP contribution in [0.2, 0.25) is 0 Å². The van der Waals surface area contributed by atoms with Crippen molar-refractivity contribution in [1.82, 2.24) is 4.98 Å². The van der Waals surface area contributed by atoms with E-state index in [0.29, 0.717) is 17.1 Å². The van der Waals surface area contributed by atoms with Gasteiger partial charge in [-0.2, -0.15) is 5.26 Å². The number of ether oxygens (including phenoxy) is 2. The van der Waals surface area contributed by atoms with Crippen molar-refractivity contribution in [2.45, 2.75) is 0 Å². The Morgan fingerprint density at radius 1 is 1.13 bits per heavy atom. The Labute approximate surface area is 138 Å². The first kappa shape index (κ1) is 15.1. The van der Waals surface area contributed by atoms with Gasteiger partial charge < -0.3 is 9.47 Å². The molecule has 3 rings (SSSR count). The number of benzene rings is 2. The van der Waals surface area contributed by atoms with Crippen LogP contribution in [-0.2, 0) is 0 Å². The summed E-state index contributed by atoms with van der Waals surface area (Å²) >= 11 is 1.55. The Kier molecular flexibility index (Phi) is 4.26. The van der Waals surface area contributed by atoms with Gasteiger partial charge in [0, 0.05) is 6.07 Å². The third-order valence-electron chi connectivity index (χ3n) is 3.36. The number of allylic oxidation sites excluding steroid dienone is 1. The highest BCUT2D eigenvalue weighted by Gasteiger charge is 2.08. The van der Waals surface area contributed by atoms with E-state index in [-0.39, 0.29) is 0 Å². The fourth-order valence-electron chi connectivity index (χ4n) is 2.22. The third kappa shape index (κ3) is 3.17. The highest BCUT2D eigenvalue weighted by atomic mass is 32.1. The van der Waals surface area contributed by atoms with E-state index >= 15 is 0 Å². The first-order valence-corrected chi connectivity index (χ1v) is 7.76. The van der Waals surface area contributed by atoms with E-state index in [9.17, 15) is 5.26 Å². The maximum atomic E-state index is 9.52. The average molecular weight is 322 g/mol. The number of thiazole rings is 1. The van der Waals surface area contributed by atoms with Gasteiger partial charge >= 0.3 is 0 Å². The highest BCUT2D eigenvalue weighted by molar-refractivity contribution is 7.19. The van der Waals surface area contributed by atoms with Crippen LogP contribution in [-0.4, -0.2) is 19.2 Å². The lowest BCUT2D eigenvalue weighted by Crippen LogP contribution is -1.90. The van der Waals surface area contributed by atoms with Crippen molar-refractivity contribution < 1.29 is 9.47 Å². The smallest absolute Gasteiger partial charge is 0.123 e. The molecule has 0 atom stereocenters. The van der Waals surface area contributed by atoms with Crippen molar-refractivity contribution >= 4 is 33.2 Å². The molecule has 0 bridgehead atoms. The van der Waals surface area contributed by atoms with Gasteiger partial charge in [-0.05, 0) is 35.9 Å². The molecule has 4 nitrogen and oxygen atoms in total. The molecule has 0 N–H and O–H groups in total. The minimum Gasteiger partial charge on any atom is -0.497 e. The number of hydrogen-bond donors (Lipinski definition) is 0. The van der Waals surface area contributed by atoms with Gasteiger partial charge in [0.15, 0.2) is 0 Å². The van der Waals surface area contributed by atoms with Gasteiger partial charge in [-0.3, -0.25) is 0 Å². The lowest BCUT2D eigenvalue weighted by Gasteiger charge is -2.07. The van der Waals surface area contributed by atoms with Crippen LogP contribution in [0.15, 0.2) is 42.5 Å². The minimum atomic E-state index is 0.515. The minimum absolute atomic E-state index is 0.515. The number of hydrogen-bond acceptors (Lipinski definition) is 5. The summed E-state index contributed by atoms with van der Waals surface area (Å²) in [6.45, 7) is 0. The molecule has 0 aliphatic heterocycles. The summed E-state index contributed by atoms with van der Waals surface area (Å²) in [5.74, 6) is 1.29. The SMILES string of the molecule is COc1cc(OC)cc(/C(C#N)=C/c2nc3ccccc3s2)c1. The molecule has 5 heteroatoms. The maximum Gasteiger partial charge on any atom is 0.123 e. The van der Waals surface area contributed by atoms with Crippen LogP contribution < -0.4 is 9.47 Å². The number of methoxy groups -OCH3 is 2. The fourth-order valence-corrected chi connectivity index (χ4v) is 3.13.